The van der Waals surface area contributed by atoms with Crippen molar-refractivity contribution in [3.8, 4) is 5.75 Å². The molecule has 0 saturated carbocycles. The number of aliphatic hydroxyl groups is 1. The van der Waals surface area contributed by atoms with Crippen LogP contribution in [0.25, 0.3) is 0 Å². The number of thioether (sulfide) groups is 1. The summed E-state index contributed by atoms with van der Waals surface area (Å²) in [6.07, 6.45) is 4.77. The summed E-state index contributed by atoms with van der Waals surface area (Å²) in [5.74, 6) is -0.929. The number of carbonyl (C=O) groups is 3. The van der Waals surface area contributed by atoms with E-state index in [2.05, 4.69) is 13.2 Å². The van der Waals surface area contributed by atoms with Gasteiger partial charge in [0.05, 0.1) is 30.3 Å². The molecule has 3 saturated heterocycles. The van der Waals surface area contributed by atoms with Gasteiger partial charge in [-0.15, -0.1) is 24.9 Å². The van der Waals surface area contributed by atoms with Crippen LogP contribution in [0.4, 0.5) is 5.69 Å². The number of methoxy groups -OCH3 is 1. The summed E-state index contributed by atoms with van der Waals surface area (Å²) in [6.45, 7) is 7.99. The number of β-amino-alcohol motifs (C(OH)–C–C–N with tert-alkyl or cyclic N) is 1. The minimum absolute atomic E-state index is 0.0101. The molecule has 3 aliphatic heterocycles. The first kappa shape index (κ1) is 25.3. The molecule has 1 aromatic carbocycles. The molecule has 1 N–H and O–H groups in total. The number of anilines is 1. The topological polar surface area (TPSA) is 90.4 Å². The Balaban J connectivity index is 1.73. The van der Waals surface area contributed by atoms with Crippen LogP contribution in [-0.4, -0.2) is 89.1 Å². The normalized spacial score (nSPS) is 28.5. The van der Waals surface area contributed by atoms with Gasteiger partial charge in [-0.25, -0.2) is 0 Å². The maximum Gasteiger partial charge on any atom is 0.251 e. The Bertz CT molecular complexity index is 1010. The summed E-state index contributed by atoms with van der Waals surface area (Å²) < 4.78 is 4.55. The van der Waals surface area contributed by atoms with Gasteiger partial charge in [-0.2, -0.15) is 0 Å². The second-order valence-electron chi connectivity index (χ2n) is 9.25. The van der Waals surface area contributed by atoms with Gasteiger partial charge in [-0.3, -0.25) is 14.4 Å². The van der Waals surface area contributed by atoms with Gasteiger partial charge in [0, 0.05) is 37.6 Å². The fraction of sp³-hybridized carbons (Fsp3) is 0.500. The van der Waals surface area contributed by atoms with Crippen molar-refractivity contribution in [1.82, 2.24) is 9.80 Å². The van der Waals surface area contributed by atoms with Gasteiger partial charge in [0.2, 0.25) is 11.8 Å². The van der Waals surface area contributed by atoms with E-state index in [0.29, 0.717) is 24.4 Å². The maximum absolute atomic E-state index is 14.2. The summed E-state index contributed by atoms with van der Waals surface area (Å²) in [6, 6.07) is 6.40. The van der Waals surface area contributed by atoms with Crippen molar-refractivity contribution in [3.05, 3.63) is 49.6 Å². The van der Waals surface area contributed by atoms with Gasteiger partial charge >= 0.3 is 0 Å². The van der Waals surface area contributed by atoms with Gasteiger partial charge in [0.25, 0.3) is 5.91 Å². The third kappa shape index (κ3) is 4.04. The fourth-order valence-corrected chi connectivity index (χ4v) is 8.17. The average molecular weight is 500 g/mol. The predicted molar refractivity (Wildman–Crippen MR) is 136 cm³/mol. The van der Waals surface area contributed by atoms with Crippen molar-refractivity contribution in [3.63, 3.8) is 0 Å². The molecule has 3 heterocycles. The number of fused-ring (bicyclic) bond motifs is 1. The van der Waals surface area contributed by atoms with Crippen LogP contribution in [0, 0.1) is 11.8 Å². The van der Waals surface area contributed by atoms with E-state index >= 15 is 0 Å². The molecule has 8 nitrogen and oxygen atoms in total. The number of hydrogen-bond donors (Lipinski definition) is 1. The van der Waals surface area contributed by atoms with Gasteiger partial charge in [0.15, 0.2) is 0 Å². The third-order valence-electron chi connectivity index (χ3n) is 7.40. The molecule has 0 radical (unpaired) electrons. The van der Waals surface area contributed by atoms with Crippen LogP contribution in [0.15, 0.2) is 49.6 Å². The highest BCUT2D eigenvalue weighted by molar-refractivity contribution is 8.02. The number of hydrogen-bond acceptors (Lipinski definition) is 6. The molecule has 1 spiro atoms. The molecule has 0 aliphatic carbocycles. The van der Waals surface area contributed by atoms with E-state index in [1.165, 1.54) is 4.90 Å². The second-order valence-corrected chi connectivity index (χ2v) is 10.9. The first-order chi connectivity index (χ1) is 16.8. The number of carbonyl (C=O) groups excluding carboxylic acids is 3. The molecule has 9 heteroatoms. The molecular formula is C26H33N3O5S. The Hall–Kier alpha value is -2.78. The van der Waals surface area contributed by atoms with Gasteiger partial charge in [0.1, 0.15) is 11.8 Å². The smallest absolute Gasteiger partial charge is 0.251 e. The van der Waals surface area contributed by atoms with Gasteiger partial charge < -0.3 is 24.5 Å². The Kier molecular flexibility index (Phi) is 7.28. The number of ether oxygens (including phenoxy) is 1. The molecule has 1 aromatic rings. The van der Waals surface area contributed by atoms with Crippen molar-refractivity contribution in [2.75, 3.05) is 45.3 Å². The quantitative estimate of drug-likeness (QED) is 0.495. The van der Waals surface area contributed by atoms with Crippen LogP contribution in [0.5, 0.6) is 5.75 Å². The predicted octanol–water partition coefficient (Wildman–Crippen LogP) is 1.94. The minimum atomic E-state index is -0.772. The van der Waals surface area contributed by atoms with E-state index in [0.717, 1.165) is 6.42 Å². The fourth-order valence-electron chi connectivity index (χ4n) is 5.96. The van der Waals surface area contributed by atoms with E-state index in [-0.39, 0.29) is 42.7 Å². The van der Waals surface area contributed by atoms with E-state index in [4.69, 9.17) is 4.74 Å². The van der Waals surface area contributed by atoms with E-state index < -0.39 is 22.6 Å². The van der Waals surface area contributed by atoms with Crippen LogP contribution in [0.3, 0.4) is 0 Å². The van der Waals surface area contributed by atoms with Crippen LogP contribution >= 0.6 is 11.8 Å². The summed E-state index contributed by atoms with van der Waals surface area (Å²) in [4.78, 5) is 46.1. The molecule has 3 aliphatic rings. The maximum atomic E-state index is 14.2. The minimum Gasteiger partial charge on any atom is -0.497 e. The standard InChI is InChI=1S/C26H33N3O5S/c1-5-13-27(3)23(31)20-19-11-12-26(35-19)21(20)24(32)29(15-16-30)22(26)25(33)28(14-6-2)17-7-9-18(34-4)10-8-17/h5-10,19-22,30H,1-2,11-16H2,3-4H3/t19-,20+,21-,22?,26?/m0/s1. The summed E-state index contributed by atoms with van der Waals surface area (Å²) >= 11 is 1.62. The number of benzene rings is 1. The molecule has 188 valence electrons. The lowest BCUT2D eigenvalue weighted by Gasteiger charge is -2.37. The molecular weight excluding hydrogens is 466 g/mol. The van der Waals surface area contributed by atoms with Gasteiger partial charge in [-0.05, 0) is 37.1 Å². The summed E-state index contributed by atoms with van der Waals surface area (Å²) in [5.41, 5.74) is 0.669. The lowest BCUT2D eigenvalue weighted by Crippen LogP contribution is -2.55. The molecule has 5 atom stereocenters. The second kappa shape index (κ2) is 10.1. The summed E-state index contributed by atoms with van der Waals surface area (Å²) in [5, 5.41) is 9.77. The first-order valence-electron chi connectivity index (χ1n) is 11.9. The zero-order valence-corrected chi connectivity index (χ0v) is 21.1. The summed E-state index contributed by atoms with van der Waals surface area (Å²) in [7, 11) is 3.30. The molecule has 2 bridgehead atoms. The molecule has 0 aromatic heterocycles. The Morgan fingerprint density at radius 1 is 1.23 bits per heavy atom. The third-order valence-corrected chi connectivity index (χ3v) is 9.35. The monoisotopic (exact) mass is 499 g/mol. The Morgan fingerprint density at radius 3 is 2.51 bits per heavy atom. The lowest BCUT2D eigenvalue weighted by atomic mass is 9.70. The highest BCUT2D eigenvalue weighted by Crippen LogP contribution is 2.66. The average Bonchev–Trinajstić information content (AvgIpc) is 3.50. The highest BCUT2D eigenvalue weighted by Gasteiger charge is 2.73. The van der Waals surface area contributed by atoms with Crippen molar-refractivity contribution in [1.29, 1.82) is 0 Å². The van der Waals surface area contributed by atoms with Crippen LogP contribution < -0.4 is 9.64 Å². The van der Waals surface area contributed by atoms with Crippen molar-refractivity contribution < 1.29 is 24.2 Å². The van der Waals surface area contributed by atoms with Crippen molar-refractivity contribution in [2.24, 2.45) is 11.8 Å². The number of nitrogens with zero attached hydrogens (tertiary/aromatic N) is 3. The molecule has 2 unspecified atom stereocenters. The van der Waals surface area contributed by atoms with E-state index in [1.54, 1.807) is 72.1 Å². The van der Waals surface area contributed by atoms with E-state index in [1.807, 2.05) is 0 Å². The van der Waals surface area contributed by atoms with Crippen LogP contribution in [0.1, 0.15) is 12.8 Å². The zero-order chi connectivity index (χ0) is 25.3. The zero-order valence-electron chi connectivity index (χ0n) is 20.3. The van der Waals surface area contributed by atoms with Gasteiger partial charge in [-0.1, -0.05) is 12.2 Å². The number of amides is 3. The lowest BCUT2D eigenvalue weighted by molar-refractivity contribution is -0.143. The molecule has 35 heavy (non-hydrogen) atoms. The Morgan fingerprint density at radius 2 is 1.91 bits per heavy atom. The first-order valence-corrected chi connectivity index (χ1v) is 12.7. The molecule has 4 rings (SSSR count). The number of aliphatic hydroxyl groups excluding tert-OH is 1. The van der Waals surface area contributed by atoms with Crippen molar-refractivity contribution in [2.45, 2.75) is 28.9 Å². The highest BCUT2D eigenvalue weighted by atomic mass is 32.2. The Labute approximate surface area is 210 Å². The SMILES string of the molecule is C=CCN(C)C(=O)[C@@H]1[C@@H]2CCC3(S2)C(C(=O)N(CC=C)c2ccc(OC)cc2)N(CCO)C(=O)[C@H]13. The number of rotatable bonds is 10. The molecule has 3 fully saturated rings. The van der Waals surface area contributed by atoms with Crippen molar-refractivity contribution >= 4 is 35.2 Å². The number of likely N-dealkylation sites (tertiary alicyclic amines) is 1. The largest absolute Gasteiger partial charge is 0.497 e. The van der Waals surface area contributed by atoms with E-state index in [9.17, 15) is 19.5 Å². The van der Waals surface area contributed by atoms with Crippen LogP contribution in [-0.2, 0) is 14.4 Å². The van der Waals surface area contributed by atoms with Crippen LogP contribution in [0.2, 0.25) is 0 Å². The number of likely N-dealkylation sites (N-methyl/N-ethyl adjacent to an activating group) is 1. The molecule has 3 amide bonds.